The van der Waals surface area contributed by atoms with Gasteiger partial charge in [0.15, 0.2) is 0 Å². The monoisotopic (exact) mass is 290 g/mol. The maximum absolute atomic E-state index is 12.1. The highest BCUT2D eigenvalue weighted by atomic mass is 16.5. The number of amides is 1. The van der Waals surface area contributed by atoms with E-state index >= 15 is 0 Å². The van der Waals surface area contributed by atoms with Gasteiger partial charge in [0.1, 0.15) is 12.4 Å². The van der Waals surface area contributed by atoms with Crippen molar-refractivity contribution in [3.63, 3.8) is 0 Å². The van der Waals surface area contributed by atoms with Crippen molar-refractivity contribution in [2.24, 2.45) is 5.92 Å². The summed E-state index contributed by atoms with van der Waals surface area (Å²) in [6, 6.07) is 7.88. The molecule has 0 radical (unpaired) electrons. The number of ether oxygens (including phenoxy) is 2. The Hall–Kier alpha value is -1.59. The molecule has 2 aliphatic rings. The number of methoxy groups -OCH3 is 1. The van der Waals surface area contributed by atoms with Crippen molar-refractivity contribution in [2.45, 2.75) is 19.1 Å². The van der Waals surface area contributed by atoms with Gasteiger partial charge in [0, 0.05) is 25.6 Å². The van der Waals surface area contributed by atoms with Crippen molar-refractivity contribution in [2.75, 3.05) is 33.4 Å². The van der Waals surface area contributed by atoms with Gasteiger partial charge in [-0.2, -0.15) is 0 Å². The average molecular weight is 290 g/mol. The number of nitrogens with zero attached hydrogens (tertiary/aromatic N) is 1. The van der Waals surface area contributed by atoms with E-state index in [4.69, 9.17) is 9.47 Å². The number of hydrogen-bond donors (Lipinski definition) is 1. The van der Waals surface area contributed by atoms with Crippen LogP contribution in [0, 0.1) is 5.92 Å². The van der Waals surface area contributed by atoms with E-state index in [0.29, 0.717) is 19.0 Å². The summed E-state index contributed by atoms with van der Waals surface area (Å²) in [5, 5.41) is 3.36. The number of rotatable bonds is 4. The van der Waals surface area contributed by atoms with Crippen LogP contribution in [-0.4, -0.2) is 50.3 Å². The molecule has 0 aromatic heterocycles. The van der Waals surface area contributed by atoms with E-state index in [1.165, 1.54) is 0 Å². The molecule has 5 nitrogen and oxygen atoms in total. The predicted molar refractivity (Wildman–Crippen MR) is 79.1 cm³/mol. The summed E-state index contributed by atoms with van der Waals surface area (Å²) in [5.74, 6) is 1.41. The Labute approximate surface area is 125 Å². The number of benzene rings is 1. The fourth-order valence-electron chi connectivity index (χ4n) is 3.06. The van der Waals surface area contributed by atoms with Gasteiger partial charge in [0.2, 0.25) is 5.91 Å². The quantitative estimate of drug-likeness (QED) is 0.900. The highest BCUT2D eigenvalue weighted by Gasteiger charge is 2.33. The van der Waals surface area contributed by atoms with Crippen LogP contribution in [0.3, 0.4) is 0 Å². The lowest BCUT2D eigenvalue weighted by Crippen LogP contribution is -2.49. The van der Waals surface area contributed by atoms with Gasteiger partial charge in [-0.1, -0.05) is 12.1 Å². The number of carbonyl (C=O) groups excluding carboxylic acids is 1. The predicted octanol–water partition coefficient (Wildman–Crippen LogP) is 1.03. The summed E-state index contributed by atoms with van der Waals surface area (Å²) >= 11 is 0. The normalized spacial score (nSPS) is 26.1. The van der Waals surface area contributed by atoms with Gasteiger partial charge in [-0.3, -0.25) is 4.79 Å². The Kier molecular flexibility index (Phi) is 4.41. The SMILES string of the molecule is COc1cccc(CN2CC(C3CCNC3)OCC2=O)c1. The second kappa shape index (κ2) is 6.45. The number of morpholine rings is 1. The van der Waals surface area contributed by atoms with Crippen LogP contribution in [-0.2, 0) is 16.1 Å². The van der Waals surface area contributed by atoms with Gasteiger partial charge >= 0.3 is 0 Å². The zero-order valence-corrected chi connectivity index (χ0v) is 12.4. The van der Waals surface area contributed by atoms with Gasteiger partial charge in [0.25, 0.3) is 0 Å². The summed E-state index contributed by atoms with van der Waals surface area (Å²) in [5.41, 5.74) is 1.09. The lowest BCUT2D eigenvalue weighted by Gasteiger charge is -2.35. The Balaban J connectivity index is 1.66. The van der Waals surface area contributed by atoms with Gasteiger partial charge in [-0.25, -0.2) is 0 Å². The molecule has 0 spiro atoms. The zero-order chi connectivity index (χ0) is 14.7. The van der Waals surface area contributed by atoms with Gasteiger partial charge in [-0.15, -0.1) is 0 Å². The topological polar surface area (TPSA) is 50.8 Å². The molecule has 3 rings (SSSR count). The molecule has 2 saturated heterocycles. The summed E-state index contributed by atoms with van der Waals surface area (Å²) in [6.45, 7) is 3.55. The highest BCUT2D eigenvalue weighted by Crippen LogP contribution is 2.22. The van der Waals surface area contributed by atoms with Gasteiger partial charge in [0.05, 0.1) is 13.2 Å². The molecule has 114 valence electrons. The molecule has 21 heavy (non-hydrogen) atoms. The molecule has 1 aromatic rings. The van der Waals surface area contributed by atoms with Crippen molar-refractivity contribution in [3.8, 4) is 5.75 Å². The first-order valence-corrected chi connectivity index (χ1v) is 7.49. The first kappa shape index (κ1) is 14.4. The molecular formula is C16H22N2O3. The minimum absolute atomic E-state index is 0.0695. The lowest BCUT2D eigenvalue weighted by molar-refractivity contribution is -0.152. The van der Waals surface area contributed by atoms with Crippen LogP contribution in [0.5, 0.6) is 5.75 Å². The van der Waals surface area contributed by atoms with Crippen LogP contribution < -0.4 is 10.1 Å². The molecule has 1 aromatic carbocycles. The second-order valence-electron chi connectivity index (χ2n) is 5.73. The van der Waals surface area contributed by atoms with Crippen LogP contribution in [0.25, 0.3) is 0 Å². The van der Waals surface area contributed by atoms with E-state index in [1.54, 1.807) is 7.11 Å². The Morgan fingerprint density at radius 2 is 2.38 bits per heavy atom. The molecule has 2 fully saturated rings. The molecule has 2 aliphatic heterocycles. The summed E-state index contributed by atoms with van der Waals surface area (Å²) in [4.78, 5) is 14.0. The minimum atomic E-state index is 0.0695. The Morgan fingerprint density at radius 3 is 3.14 bits per heavy atom. The lowest BCUT2D eigenvalue weighted by atomic mass is 9.99. The van der Waals surface area contributed by atoms with E-state index in [1.807, 2.05) is 29.2 Å². The smallest absolute Gasteiger partial charge is 0.248 e. The van der Waals surface area contributed by atoms with Crippen LogP contribution >= 0.6 is 0 Å². The van der Waals surface area contributed by atoms with E-state index in [-0.39, 0.29) is 18.6 Å². The molecule has 0 aliphatic carbocycles. The van der Waals surface area contributed by atoms with Crippen molar-refractivity contribution in [1.29, 1.82) is 0 Å². The molecule has 5 heteroatoms. The number of nitrogens with one attached hydrogen (secondary N) is 1. The molecule has 1 N–H and O–H groups in total. The number of carbonyl (C=O) groups is 1. The largest absolute Gasteiger partial charge is 0.497 e. The van der Waals surface area contributed by atoms with Gasteiger partial charge in [-0.05, 0) is 30.7 Å². The van der Waals surface area contributed by atoms with Crippen molar-refractivity contribution < 1.29 is 14.3 Å². The van der Waals surface area contributed by atoms with Crippen molar-refractivity contribution in [1.82, 2.24) is 10.2 Å². The Bertz CT molecular complexity index is 500. The molecule has 1 amide bonds. The number of hydrogen-bond acceptors (Lipinski definition) is 4. The Morgan fingerprint density at radius 1 is 1.48 bits per heavy atom. The highest BCUT2D eigenvalue weighted by molar-refractivity contribution is 5.78. The fraction of sp³-hybridized carbons (Fsp3) is 0.562. The standard InChI is InChI=1S/C16H22N2O3/c1-20-14-4-2-3-12(7-14)9-18-10-15(21-11-16(18)19)13-5-6-17-8-13/h2-4,7,13,15,17H,5-6,8-11H2,1H3. The summed E-state index contributed by atoms with van der Waals surface area (Å²) in [7, 11) is 1.65. The molecule has 2 heterocycles. The third-order valence-electron chi connectivity index (χ3n) is 4.31. The van der Waals surface area contributed by atoms with E-state index in [9.17, 15) is 4.79 Å². The molecule has 0 bridgehead atoms. The third-order valence-corrected chi connectivity index (χ3v) is 4.31. The minimum Gasteiger partial charge on any atom is -0.497 e. The summed E-state index contributed by atoms with van der Waals surface area (Å²) in [6.07, 6.45) is 1.29. The van der Waals surface area contributed by atoms with Crippen LogP contribution in [0.15, 0.2) is 24.3 Å². The maximum Gasteiger partial charge on any atom is 0.248 e. The van der Waals surface area contributed by atoms with Gasteiger partial charge < -0.3 is 19.7 Å². The fourth-order valence-corrected chi connectivity index (χ4v) is 3.06. The molecular weight excluding hydrogens is 268 g/mol. The van der Waals surface area contributed by atoms with Crippen LogP contribution in [0.2, 0.25) is 0 Å². The maximum atomic E-state index is 12.1. The second-order valence-corrected chi connectivity index (χ2v) is 5.73. The first-order valence-electron chi connectivity index (χ1n) is 7.49. The first-order chi connectivity index (χ1) is 10.3. The van der Waals surface area contributed by atoms with Crippen LogP contribution in [0.4, 0.5) is 0 Å². The van der Waals surface area contributed by atoms with E-state index < -0.39 is 0 Å². The third kappa shape index (κ3) is 3.36. The van der Waals surface area contributed by atoms with Crippen molar-refractivity contribution >= 4 is 5.91 Å². The van der Waals surface area contributed by atoms with Crippen molar-refractivity contribution in [3.05, 3.63) is 29.8 Å². The molecule has 2 unspecified atom stereocenters. The van der Waals surface area contributed by atoms with E-state index in [2.05, 4.69) is 5.32 Å². The zero-order valence-electron chi connectivity index (χ0n) is 12.4. The average Bonchev–Trinajstić information content (AvgIpc) is 3.04. The van der Waals surface area contributed by atoms with Crippen LogP contribution in [0.1, 0.15) is 12.0 Å². The molecule has 0 saturated carbocycles. The molecule has 2 atom stereocenters. The summed E-state index contributed by atoms with van der Waals surface area (Å²) < 4.78 is 11.0. The van der Waals surface area contributed by atoms with E-state index in [0.717, 1.165) is 30.8 Å².